The first-order valence-corrected chi connectivity index (χ1v) is 6.78. The number of nitrogens with one attached hydrogen (secondary N) is 1. The molecular formula is C15H19NO4. The maximum atomic E-state index is 11.8. The smallest absolute Gasteiger partial charge is 0.307 e. The monoisotopic (exact) mass is 277 g/mol. The lowest BCUT2D eigenvalue weighted by Gasteiger charge is -2.10. The average Bonchev–Trinajstić information content (AvgIpc) is 3.24. The molecule has 0 saturated heterocycles. The predicted molar refractivity (Wildman–Crippen MR) is 72.9 cm³/mol. The van der Waals surface area contributed by atoms with Gasteiger partial charge in [-0.05, 0) is 24.5 Å². The van der Waals surface area contributed by atoms with Crippen molar-refractivity contribution in [1.29, 1.82) is 0 Å². The van der Waals surface area contributed by atoms with Crippen LogP contribution in [-0.2, 0) is 27.5 Å². The van der Waals surface area contributed by atoms with Crippen LogP contribution in [0.25, 0.3) is 0 Å². The second-order valence-electron chi connectivity index (χ2n) is 4.91. The van der Waals surface area contributed by atoms with Gasteiger partial charge in [0, 0.05) is 13.2 Å². The molecule has 1 aromatic carbocycles. The van der Waals surface area contributed by atoms with Crippen molar-refractivity contribution in [2.45, 2.75) is 26.5 Å². The highest BCUT2D eigenvalue weighted by Crippen LogP contribution is 2.38. The van der Waals surface area contributed by atoms with E-state index in [4.69, 9.17) is 9.84 Å². The first-order valence-electron chi connectivity index (χ1n) is 6.78. The van der Waals surface area contributed by atoms with Crippen molar-refractivity contribution < 1.29 is 19.4 Å². The summed E-state index contributed by atoms with van der Waals surface area (Å²) < 4.78 is 5.38. The highest BCUT2D eigenvalue weighted by atomic mass is 16.5. The molecule has 5 heteroatoms. The molecule has 0 heterocycles. The van der Waals surface area contributed by atoms with Crippen LogP contribution >= 0.6 is 0 Å². The first-order chi connectivity index (χ1) is 9.63. The molecule has 0 radical (unpaired) electrons. The van der Waals surface area contributed by atoms with Gasteiger partial charge in [-0.2, -0.15) is 0 Å². The fourth-order valence-electron chi connectivity index (χ4n) is 2.15. The molecule has 2 N–H and O–H groups in total. The Balaban J connectivity index is 1.88. The average molecular weight is 277 g/mol. The number of hydrogen-bond acceptors (Lipinski definition) is 3. The molecule has 2 atom stereocenters. The molecule has 5 nitrogen and oxygen atoms in total. The van der Waals surface area contributed by atoms with Gasteiger partial charge in [-0.25, -0.2) is 0 Å². The molecule has 0 spiro atoms. The van der Waals surface area contributed by atoms with Gasteiger partial charge in [0.15, 0.2) is 0 Å². The summed E-state index contributed by atoms with van der Waals surface area (Å²) in [4.78, 5) is 22.5. The van der Waals surface area contributed by atoms with Gasteiger partial charge in [0.1, 0.15) is 0 Å². The third-order valence-electron chi connectivity index (χ3n) is 3.48. The number of carbonyl (C=O) groups is 2. The van der Waals surface area contributed by atoms with Crippen LogP contribution in [-0.4, -0.2) is 23.6 Å². The topological polar surface area (TPSA) is 75.6 Å². The van der Waals surface area contributed by atoms with Gasteiger partial charge in [0.2, 0.25) is 5.91 Å². The Bertz CT molecular complexity index is 500. The molecule has 1 aliphatic rings. The Morgan fingerprint density at radius 2 is 2.00 bits per heavy atom. The number of carboxylic acids is 1. The summed E-state index contributed by atoms with van der Waals surface area (Å²) in [5.41, 5.74) is 2.04. The summed E-state index contributed by atoms with van der Waals surface area (Å²) in [6.45, 7) is 3.50. The molecule has 1 aromatic rings. The van der Waals surface area contributed by atoms with Crippen molar-refractivity contribution >= 4 is 11.9 Å². The van der Waals surface area contributed by atoms with Crippen LogP contribution < -0.4 is 5.32 Å². The van der Waals surface area contributed by atoms with Crippen molar-refractivity contribution in [2.75, 3.05) is 6.61 Å². The largest absolute Gasteiger partial charge is 0.481 e. The SMILES string of the molecule is CCOCc1ccccc1CNC(=O)[C@@H]1C[C@@H]1C(=O)O. The lowest BCUT2D eigenvalue weighted by molar-refractivity contribution is -0.140. The lowest BCUT2D eigenvalue weighted by Crippen LogP contribution is -2.26. The van der Waals surface area contributed by atoms with E-state index in [2.05, 4.69) is 5.32 Å². The number of amides is 1. The number of benzene rings is 1. The second kappa shape index (κ2) is 6.52. The van der Waals surface area contributed by atoms with Crippen molar-refractivity contribution in [3.63, 3.8) is 0 Å². The third-order valence-corrected chi connectivity index (χ3v) is 3.48. The molecular weight excluding hydrogens is 258 g/mol. The predicted octanol–water partition coefficient (Wildman–Crippen LogP) is 1.56. The van der Waals surface area contributed by atoms with Crippen molar-refractivity contribution in [3.8, 4) is 0 Å². The van der Waals surface area contributed by atoms with Crippen LogP contribution in [0.4, 0.5) is 0 Å². The normalized spacial score (nSPS) is 20.4. The summed E-state index contributed by atoms with van der Waals surface area (Å²) in [6.07, 6.45) is 0.446. The molecule has 20 heavy (non-hydrogen) atoms. The number of carboxylic acid groups (broad SMARTS) is 1. The number of rotatable bonds is 7. The first kappa shape index (κ1) is 14.5. The van der Waals surface area contributed by atoms with Crippen LogP contribution in [0.15, 0.2) is 24.3 Å². The van der Waals surface area contributed by atoms with E-state index in [1.165, 1.54) is 0 Å². The maximum absolute atomic E-state index is 11.8. The van der Waals surface area contributed by atoms with E-state index >= 15 is 0 Å². The van der Waals surface area contributed by atoms with Crippen LogP contribution in [0, 0.1) is 11.8 Å². The zero-order chi connectivity index (χ0) is 14.5. The Morgan fingerprint density at radius 3 is 2.60 bits per heavy atom. The van der Waals surface area contributed by atoms with E-state index in [1.807, 2.05) is 31.2 Å². The summed E-state index contributed by atoms with van der Waals surface area (Å²) in [5, 5.41) is 11.6. The molecule has 2 rings (SSSR count). The van der Waals surface area contributed by atoms with Crippen LogP contribution in [0.2, 0.25) is 0 Å². The maximum Gasteiger partial charge on any atom is 0.307 e. The Morgan fingerprint density at radius 1 is 1.30 bits per heavy atom. The van der Waals surface area contributed by atoms with E-state index in [1.54, 1.807) is 0 Å². The van der Waals surface area contributed by atoms with Gasteiger partial charge in [0.05, 0.1) is 18.4 Å². The highest BCUT2D eigenvalue weighted by Gasteiger charge is 2.48. The van der Waals surface area contributed by atoms with Gasteiger partial charge >= 0.3 is 5.97 Å². The van der Waals surface area contributed by atoms with Crippen molar-refractivity contribution in [3.05, 3.63) is 35.4 Å². The summed E-state index contributed by atoms with van der Waals surface area (Å²) in [5.74, 6) is -1.94. The fourth-order valence-corrected chi connectivity index (χ4v) is 2.15. The van der Waals surface area contributed by atoms with E-state index in [0.29, 0.717) is 26.2 Å². The quantitative estimate of drug-likeness (QED) is 0.793. The summed E-state index contributed by atoms with van der Waals surface area (Å²) in [6, 6.07) is 7.75. The van der Waals surface area contributed by atoms with Gasteiger partial charge in [-0.15, -0.1) is 0 Å². The number of carbonyl (C=O) groups excluding carboxylic acids is 1. The Labute approximate surface area is 117 Å². The lowest BCUT2D eigenvalue weighted by atomic mass is 10.1. The van der Waals surface area contributed by atoms with Crippen molar-refractivity contribution in [1.82, 2.24) is 5.32 Å². The molecule has 0 aliphatic heterocycles. The van der Waals surface area contributed by atoms with E-state index in [9.17, 15) is 9.59 Å². The van der Waals surface area contributed by atoms with Gasteiger partial charge < -0.3 is 15.2 Å². The number of ether oxygens (including phenoxy) is 1. The zero-order valence-electron chi connectivity index (χ0n) is 11.5. The van der Waals surface area contributed by atoms with Gasteiger partial charge in [0.25, 0.3) is 0 Å². The van der Waals surface area contributed by atoms with E-state index in [-0.39, 0.29) is 11.8 Å². The molecule has 0 bridgehead atoms. The van der Waals surface area contributed by atoms with Crippen LogP contribution in [0.1, 0.15) is 24.5 Å². The molecule has 0 unspecified atom stereocenters. The minimum Gasteiger partial charge on any atom is -0.481 e. The van der Waals surface area contributed by atoms with Crippen LogP contribution in [0.5, 0.6) is 0 Å². The molecule has 1 aliphatic carbocycles. The fraction of sp³-hybridized carbons (Fsp3) is 0.467. The molecule has 1 saturated carbocycles. The Hall–Kier alpha value is -1.88. The second-order valence-corrected chi connectivity index (χ2v) is 4.91. The summed E-state index contributed by atoms with van der Waals surface area (Å²) >= 11 is 0. The molecule has 1 fully saturated rings. The van der Waals surface area contributed by atoms with E-state index in [0.717, 1.165) is 11.1 Å². The Kier molecular flexibility index (Phi) is 4.74. The van der Waals surface area contributed by atoms with Gasteiger partial charge in [-0.3, -0.25) is 9.59 Å². The summed E-state index contributed by atoms with van der Waals surface area (Å²) in [7, 11) is 0. The number of aliphatic carboxylic acids is 1. The zero-order valence-corrected chi connectivity index (χ0v) is 11.5. The third kappa shape index (κ3) is 3.57. The van der Waals surface area contributed by atoms with E-state index < -0.39 is 11.9 Å². The highest BCUT2D eigenvalue weighted by molar-refractivity contribution is 5.89. The van der Waals surface area contributed by atoms with Gasteiger partial charge in [-0.1, -0.05) is 24.3 Å². The minimum atomic E-state index is -0.887. The van der Waals surface area contributed by atoms with Crippen molar-refractivity contribution in [2.24, 2.45) is 11.8 Å². The molecule has 0 aromatic heterocycles. The van der Waals surface area contributed by atoms with Crippen LogP contribution in [0.3, 0.4) is 0 Å². The standard InChI is InChI=1S/C15H19NO4/c1-2-20-9-11-6-4-3-5-10(11)8-16-14(17)12-7-13(12)15(18)19/h3-6,12-13H,2,7-9H2,1H3,(H,16,17)(H,18,19)/t12-,13+/m1/s1. The molecule has 1 amide bonds. The molecule has 108 valence electrons. The number of hydrogen-bond donors (Lipinski definition) is 2. The minimum absolute atomic E-state index is 0.177.